The van der Waals surface area contributed by atoms with Gasteiger partial charge in [0.05, 0.1) is 13.2 Å². The molecule has 2 aliphatic rings. The van der Waals surface area contributed by atoms with Crippen LogP contribution < -0.4 is 10.6 Å². The van der Waals surface area contributed by atoms with Crippen LogP contribution in [0.3, 0.4) is 0 Å². The predicted molar refractivity (Wildman–Crippen MR) is 130 cm³/mol. The van der Waals surface area contributed by atoms with Crippen LogP contribution >= 0.6 is 0 Å². The molecule has 1 aromatic rings. The number of esters is 1. The molecule has 0 radical (unpaired) electrons. The number of hydrogen-bond donors (Lipinski definition) is 2. The summed E-state index contributed by atoms with van der Waals surface area (Å²) in [4.78, 5) is 65.2. The van der Waals surface area contributed by atoms with Crippen molar-refractivity contribution in [2.24, 2.45) is 0 Å². The van der Waals surface area contributed by atoms with Crippen LogP contribution in [0.5, 0.6) is 0 Å². The molecular formula is C25H34N4O8. The Morgan fingerprint density at radius 2 is 1.78 bits per heavy atom. The molecule has 0 unspecified atom stereocenters. The van der Waals surface area contributed by atoms with Crippen LogP contribution in [0.1, 0.15) is 39.2 Å². The van der Waals surface area contributed by atoms with Crippen LogP contribution in [0.2, 0.25) is 0 Å². The Balaban J connectivity index is 1.63. The SMILES string of the molecule is COC(=O)CN1CC[C@@H](NC(=O)[C@@H]2C[C@H](NC(=O)OCc3ccccc3)CN2C(=O)OC(C)(C)C)C1=O. The third-order valence-electron chi connectivity index (χ3n) is 5.93. The monoisotopic (exact) mass is 518 g/mol. The van der Waals surface area contributed by atoms with E-state index in [1.54, 1.807) is 20.8 Å². The second-order valence-electron chi connectivity index (χ2n) is 9.97. The number of amides is 4. The third-order valence-corrected chi connectivity index (χ3v) is 5.93. The summed E-state index contributed by atoms with van der Waals surface area (Å²) < 4.78 is 15.3. The smallest absolute Gasteiger partial charge is 0.411 e. The summed E-state index contributed by atoms with van der Waals surface area (Å²) in [6.07, 6.45) is -0.963. The summed E-state index contributed by atoms with van der Waals surface area (Å²) >= 11 is 0. The lowest BCUT2D eigenvalue weighted by Crippen LogP contribution is -2.51. The average Bonchev–Trinajstić information content (AvgIpc) is 3.41. The van der Waals surface area contributed by atoms with Crippen molar-refractivity contribution in [1.29, 1.82) is 0 Å². The minimum absolute atomic E-state index is 0.0283. The number of methoxy groups -OCH3 is 1. The Bertz CT molecular complexity index is 1010. The molecule has 0 spiro atoms. The zero-order valence-electron chi connectivity index (χ0n) is 21.5. The number of nitrogens with one attached hydrogen (secondary N) is 2. The zero-order chi connectivity index (χ0) is 27.2. The van der Waals surface area contributed by atoms with Crippen LogP contribution in [0, 0.1) is 0 Å². The van der Waals surface area contributed by atoms with Gasteiger partial charge in [-0.2, -0.15) is 0 Å². The molecule has 0 saturated carbocycles. The molecule has 37 heavy (non-hydrogen) atoms. The van der Waals surface area contributed by atoms with Gasteiger partial charge in [0.15, 0.2) is 0 Å². The number of nitrogens with zero attached hydrogens (tertiary/aromatic N) is 2. The van der Waals surface area contributed by atoms with Crippen molar-refractivity contribution in [2.45, 2.75) is 63.9 Å². The molecule has 2 aliphatic heterocycles. The van der Waals surface area contributed by atoms with Gasteiger partial charge in [-0.15, -0.1) is 0 Å². The molecule has 0 bridgehead atoms. The van der Waals surface area contributed by atoms with Gasteiger partial charge in [-0.25, -0.2) is 9.59 Å². The third kappa shape index (κ3) is 7.83. The first-order chi connectivity index (χ1) is 17.5. The second kappa shape index (κ2) is 11.9. The maximum atomic E-state index is 13.2. The van der Waals surface area contributed by atoms with E-state index in [4.69, 9.17) is 9.47 Å². The largest absolute Gasteiger partial charge is 0.468 e. The summed E-state index contributed by atoms with van der Waals surface area (Å²) in [6.45, 7) is 5.31. The van der Waals surface area contributed by atoms with Crippen LogP contribution in [0.4, 0.5) is 9.59 Å². The molecule has 0 aromatic heterocycles. The van der Waals surface area contributed by atoms with Crippen molar-refractivity contribution in [3.8, 4) is 0 Å². The molecule has 3 atom stereocenters. The molecule has 0 aliphatic carbocycles. The first-order valence-corrected chi connectivity index (χ1v) is 12.1. The lowest BCUT2D eigenvalue weighted by Gasteiger charge is -2.28. The molecule has 3 rings (SSSR count). The quantitative estimate of drug-likeness (QED) is 0.405. The topological polar surface area (TPSA) is 144 Å². The number of carbonyl (C=O) groups is 5. The highest BCUT2D eigenvalue weighted by atomic mass is 16.6. The van der Waals surface area contributed by atoms with E-state index in [9.17, 15) is 24.0 Å². The van der Waals surface area contributed by atoms with E-state index in [0.717, 1.165) is 5.56 Å². The molecule has 202 valence electrons. The predicted octanol–water partition coefficient (Wildman–Crippen LogP) is 1.18. The number of ether oxygens (including phenoxy) is 3. The van der Waals surface area contributed by atoms with Gasteiger partial charge in [0.1, 0.15) is 30.8 Å². The number of carbonyl (C=O) groups excluding carboxylic acids is 5. The minimum Gasteiger partial charge on any atom is -0.468 e. The van der Waals surface area contributed by atoms with Gasteiger partial charge in [0.25, 0.3) is 0 Å². The van der Waals surface area contributed by atoms with Crippen molar-refractivity contribution >= 4 is 30.0 Å². The van der Waals surface area contributed by atoms with Crippen molar-refractivity contribution in [3.63, 3.8) is 0 Å². The first kappa shape index (κ1) is 27.8. The van der Waals surface area contributed by atoms with Crippen molar-refractivity contribution in [2.75, 3.05) is 26.7 Å². The van der Waals surface area contributed by atoms with E-state index in [1.165, 1.54) is 16.9 Å². The fraction of sp³-hybridized carbons (Fsp3) is 0.560. The lowest BCUT2D eigenvalue weighted by molar-refractivity contribution is -0.146. The van der Waals surface area contributed by atoms with E-state index in [0.29, 0.717) is 6.42 Å². The van der Waals surface area contributed by atoms with Crippen molar-refractivity contribution < 1.29 is 38.2 Å². The average molecular weight is 519 g/mol. The van der Waals surface area contributed by atoms with Crippen molar-refractivity contribution in [3.05, 3.63) is 35.9 Å². The van der Waals surface area contributed by atoms with E-state index in [2.05, 4.69) is 15.4 Å². The summed E-state index contributed by atoms with van der Waals surface area (Å²) in [6, 6.07) is 6.79. The molecule has 12 heteroatoms. The molecule has 2 heterocycles. The first-order valence-electron chi connectivity index (χ1n) is 12.1. The lowest BCUT2D eigenvalue weighted by atomic mass is 10.1. The summed E-state index contributed by atoms with van der Waals surface area (Å²) in [5.74, 6) is -1.51. The van der Waals surface area contributed by atoms with Gasteiger partial charge in [-0.1, -0.05) is 30.3 Å². The van der Waals surface area contributed by atoms with Gasteiger partial charge in [0.2, 0.25) is 11.8 Å². The number of hydrogen-bond acceptors (Lipinski definition) is 8. The van der Waals surface area contributed by atoms with Gasteiger partial charge in [-0.05, 0) is 39.2 Å². The van der Waals surface area contributed by atoms with Gasteiger partial charge >= 0.3 is 18.2 Å². The maximum Gasteiger partial charge on any atom is 0.411 e. The van der Waals surface area contributed by atoms with Crippen LogP contribution in [0.25, 0.3) is 0 Å². The summed E-state index contributed by atoms with van der Waals surface area (Å²) in [7, 11) is 1.23. The van der Waals surface area contributed by atoms with Crippen LogP contribution in [0.15, 0.2) is 30.3 Å². The molecule has 2 fully saturated rings. The van der Waals surface area contributed by atoms with Crippen molar-refractivity contribution in [1.82, 2.24) is 20.4 Å². The number of benzene rings is 1. The molecule has 4 amide bonds. The minimum atomic E-state index is -0.975. The fourth-order valence-electron chi connectivity index (χ4n) is 4.16. The van der Waals surface area contributed by atoms with E-state index in [-0.39, 0.29) is 32.7 Å². The highest BCUT2D eigenvalue weighted by Gasteiger charge is 2.44. The molecule has 12 nitrogen and oxygen atoms in total. The fourth-order valence-corrected chi connectivity index (χ4v) is 4.16. The Labute approximate surface area is 215 Å². The Hall–Kier alpha value is -3.83. The summed E-state index contributed by atoms with van der Waals surface area (Å²) in [5, 5.41) is 5.39. The Kier molecular flexibility index (Phi) is 8.95. The van der Waals surface area contributed by atoms with Gasteiger partial charge < -0.3 is 29.7 Å². The van der Waals surface area contributed by atoms with E-state index < -0.39 is 53.7 Å². The standard InChI is InChI=1S/C25H34N4O8/c1-25(2,3)37-24(34)29-13-17(26-23(33)36-15-16-8-6-5-7-9-16)12-19(29)21(31)27-18-10-11-28(22(18)32)14-20(30)35-4/h5-9,17-19H,10-15H2,1-4H3,(H,26,33)(H,27,31)/t17-,18+,19-/m0/s1. The highest BCUT2D eigenvalue weighted by Crippen LogP contribution is 2.23. The Morgan fingerprint density at radius 1 is 1.08 bits per heavy atom. The Morgan fingerprint density at radius 3 is 2.43 bits per heavy atom. The molecule has 2 N–H and O–H groups in total. The normalized spacial score (nSPS) is 21.4. The molecule has 2 saturated heterocycles. The van der Waals surface area contributed by atoms with E-state index >= 15 is 0 Å². The molecule has 1 aromatic carbocycles. The number of likely N-dealkylation sites (tertiary alicyclic amines) is 2. The van der Waals surface area contributed by atoms with Crippen LogP contribution in [-0.2, 0) is 35.2 Å². The number of alkyl carbamates (subject to hydrolysis) is 1. The maximum absolute atomic E-state index is 13.2. The highest BCUT2D eigenvalue weighted by molar-refractivity contribution is 5.94. The van der Waals surface area contributed by atoms with Gasteiger partial charge in [0, 0.05) is 13.1 Å². The van der Waals surface area contributed by atoms with Crippen LogP contribution in [-0.4, -0.2) is 90.2 Å². The summed E-state index contributed by atoms with van der Waals surface area (Å²) in [5.41, 5.74) is 0.0211. The zero-order valence-corrected chi connectivity index (χ0v) is 21.5. The molecular weight excluding hydrogens is 484 g/mol. The van der Waals surface area contributed by atoms with E-state index in [1.807, 2.05) is 30.3 Å². The number of rotatable bonds is 7. The van der Waals surface area contributed by atoms with Gasteiger partial charge in [-0.3, -0.25) is 19.3 Å². The second-order valence-corrected chi connectivity index (χ2v) is 9.97.